The molecule has 1 aromatic heterocycles. The molecule has 1 N–H and O–H groups in total. The number of aromatic nitrogens is 1. The van der Waals surface area contributed by atoms with Crippen LogP contribution >= 0.6 is 11.6 Å². The molecule has 0 fully saturated rings. The number of rotatable bonds is 6. The number of halogens is 5. The van der Waals surface area contributed by atoms with Crippen LogP contribution in [0.25, 0.3) is 0 Å². The van der Waals surface area contributed by atoms with Gasteiger partial charge in [0, 0.05) is 30.4 Å². The SMILES string of the molecule is CC(c1ccc(Oc2ccc(C(=O)O)c(F)c2)cc1Cl)C(c1ccc(=O)n(C)c1)C(F)(F)F. The van der Waals surface area contributed by atoms with Crippen molar-refractivity contribution in [3.63, 3.8) is 0 Å². The fraction of sp³-hybridized carbons (Fsp3) is 0.217. The van der Waals surface area contributed by atoms with Crippen LogP contribution < -0.4 is 10.3 Å². The first kappa shape index (κ1) is 24.3. The van der Waals surface area contributed by atoms with E-state index in [9.17, 15) is 27.2 Å². The van der Waals surface area contributed by atoms with Crippen molar-refractivity contribution in [2.24, 2.45) is 7.05 Å². The van der Waals surface area contributed by atoms with Crippen LogP contribution in [0.4, 0.5) is 17.6 Å². The molecule has 174 valence electrons. The minimum absolute atomic E-state index is 0.00157. The molecule has 0 saturated heterocycles. The normalized spacial score (nSPS) is 13.4. The molecule has 2 atom stereocenters. The monoisotopic (exact) mass is 483 g/mol. The summed E-state index contributed by atoms with van der Waals surface area (Å²) < 4.78 is 62.3. The van der Waals surface area contributed by atoms with Gasteiger partial charge in [-0.3, -0.25) is 4.79 Å². The maximum Gasteiger partial charge on any atom is 0.396 e. The predicted molar refractivity (Wildman–Crippen MR) is 114 cm³/mol. The molecule has 0 aliphatic carbocycles. The van der Waals surface area contributed by atoms with Crippen LogP contribution in [0, 0.1) is 5.82 Å². The second-order valence-electron chi connectivity index (χ2n) is 7.45. The van der Waals surface area contributed by atoms with Gasteiger partial charge in [0.2, 0.25) is 5.56 Å². The van der Waals surface area contributed by atoms with Gasteiger partial charge in [-0.25, -0.2) is 9.18 Å². The number of carboxylic acids is 1. The van der Waals surface area contributed by atoms with Crippen molar-refractivity contribution in [3.05, 3.63) is 92.6 Å². The molecule has 33 heavy (non-hydrogen) atoms. The van der Waals surface area contributed by atoms with Crippen LogP contribution in [0.3, 0.4) is 0 Å². The van der Waals surface area contributed by atoms with E-state index in [0.29, 0.717) is 0 Å². The molecular weight excluding hydrogens is 466 g/mol. The molecule has 0 aliphatic heterocycles. The number of hydrogen-bond acceptors (Lipinski definition) is 3. The number of aromatic carboxylic acids is 1. The third-order valence-electron chi connectivity index (χ3n) is 5.19. The molecule has 3 aromatic rings. The number of pyridine rings is 1. The van der Waals surface area contributed by atoms with Gasteiger partial charge in [0.05, 0.1) is 11.5 Å². The van der Waals surface area contributed by atoms with E-state index in [-0.39, 0.29) is 27.6 Å². The molecule has 0 bridgehead atoms. The minimum atomic E-state index is -4.61. The van der Waals surface area contributed by atoms with E-state index in [2.05, 4.69) is 0 Å². The van der Waals surface area contributed by atoms with Crippen molar-refractivity contribution in [3.8, 4) is 11.5 Å². The number of carboxylic acid groups (broad SMARTS) is 1. The molecule has 0 saturated carbocycles. The van der Waals surface area contributed by atoms with Gasteiger partial charge >= 0.3 is 12.1 Å². The zero-order valence-electron chi connectivity index (χ0n) is 17.4. The predicted octanol–water partition coefficient (Wildman–Crippen LogP) is 6.12. The number of ether oxygens (including phenoxy) is 1. The molecule has 0 radical (unpaired) electrons. The van der Waals surface area contributed by atoms with Gasteiger partial charge in [-0.1, -0.05) is 30.7 Å². The molecule has 2 aromatic carbocycles. The van der Waals surface area contributed by atoms with Crippen molar-refractivity contribution in [1.82, 2.24) is 4.57 Å². The number of alkyl halides is 3. The summed E-state index contributed by atoms with van der Waals surface area (Å²) in [6, 6.07) is 9.45. The smallest absolute Gasteiger partial charge is 0.396 e. The zero-order chi connectivity index (χ0) is 24.5. The Morgan fingerprint density at radius 3 is 2.27 bits per heavy atom. The highest BCUT2D eigenvalue weighted by atomic mass is 35.5. The standard InChI is InChI=1S/C23H18ClF4NO4/c1-12(21(23(26,27)28)13-3-8-20(30)29(2)11-13)16-6-4-14(9-18(16)24)33-15-5-7-17(22(31)32)19(25)10-15/h3-12,21H,1-2H3,(H,31,32). The van der Waals surface area contributed by atoms with Gasteiger partial charge in [-0.2, -0.15) is 13.2 Å². The summed E-state index contributed by atoms with van der Waals surface area (Å²) in [6.45, 7) is 1.38. The first-order valence-corrected chi connectivity index (χ1v) is 9.99. The number of hydrogen-bond donors (Lipinski definition) is 1. The van der Waals surface area contributed by atoms with Crippen LogP contribution in [0.5, 0.6) is 11.5 Å². The van der Waals surface area contributed by atoms with Crippen LogP contribution in [0.2, 0.25) is 5.02 Å². The maximum atomic E-state index is 14.0. The highest BCUT2D eigenvalue weighted by Gasteiger charge is 2.45. The summed E-state index contributed by atoms with van der Waals surface area (Å²) >= 11 is 6.27. The lowest BCUT2D eigenvalue weighted by Crippen LogP contribution is -2.28. The van der Waals surface area contributed by atoms with E-state index in [4.69, 9.17) is 21.4 Å². The molecule has 10 heteroatoms. The highest BCUT2D eigenvalue weighted by Crippen LogP contribution is 2.46. The summed E-state index contributed by atoms with van der Waals surface area (Å²) in [5.74, 6) is -5.33. The van der Waals surface area contributed by atoms with Crippen LogP contribution in [0.1, 0.15) is 40.2 Å². The third kappa shape index (κ3) is 5.36. The van der Waals surface area contributed by atoms with Gasteiger partial charge < -0.3 is 14.4 Å². The Morgan fingerprint density at radius 1 is 1.09 bits per heavy atom. The lowest BCUT2D eigenvalue weighted by atomic mass is 9.82. The van der Waals surface area contributed by atoms with Gasteiger partial charge in [0.25, 0.3) is 0 Å². The largest absolute Gasteiger partial charge is 0.478 e. The van der Waals surface area contributed by atoms with E-state index in [1.165, 1.54) is 38.2 Å². The van der Waals surface area contributed by atoms with Crippen molar-refractivity contribution < 1.29 is 32.2 Å². The van der Waals surface area contributed by atoms with Gasteiger partial charge in [-0.15, -0.1) is 0 Å². The average Bonchev–Trinajstić information content (AvgIpc) is 2.69. The molecule has 0 spiro atoms. The minimum Gasteiger partial charge on any atom is -0.478 e. The molecule has 0 amide bonds. The van der Waals surface area contributed by atoms with Crippen molar-refractivity contribution >= 4 is 17.6 Å². The fourth-order valence-corrected chi connectivity index (χ4v) is 3.89. The summed E-state index contributed by atoms with van der Waals surface area (Å²) in [5, 5.41) is 8.88. The second kappa shape index (κ2) is 9.27. The lowest BCUT2D eigenvalue weighted by Gasteiger charge is -2.28. The quantitative estimate of drug-likeness (QED) is 0.429. The topological polar surface area (TPSA) is 68.5 Å². The van der Waals surface area contributed by atoms with Crippen LogP contribution in [-0.2, 0) is 7.05 Å². The Bertz CT molecular complexity index is 1260. The average molecular weight is 484 g/mol. The molecule has 5 nitrogen and oxygen atoms in total. The first-order chi connectivity index (χ1) is 15.4. The summed E-state index contributed by atoms with van der Waals surface area (Å²) in [6.07, 6.45) is -3.46. The molecule has 0 aliphatic rings. The Kier molecular flexibility index (Phi) is 6.83. The number of carbonyl (C=O) groups is 1. The van der Waals surface area contributed by atoms with E-state index in [1.54, 1.807) is 0 Å². The fourth-order valence-electron chi connectivity index (χ4n) is 3.55. The van der Waals surface area contributed by atoms with Crippen LogP contribution in [0.15, 0.2) is 59.5 Å². The Morgan fingerprint density at radius 2 is 1.73 bits per heavy atom. The van der Waals surface area contributed by atoms with E-state index >= 15 is 0 Å². The van der Waals surface area contributed by atoms with Gasteiger partial charge in [0.15, 0.2) is 0 Å². The second-order valence-corrected chi connectivity index (χ2v) is 7.86. The maximum absolute atomic E-state index is 14.0. The van der Waals surface area contributed by atoms with E-state index in [1.807, 2.05) is 0 Å². The summed E-state index contributed by atoms with van der Waals surface area (Å²) in [4.78, 5) is 22.5. The molecule has 3 rings (SSSR count). The third-order valence-corrected chi connectivity index (χ3v) is 5.52. The first-order valence-electron chi connectivity index (χ1n) is 9.62. The van der Waals surface area contributed by atoms with E-state index < -0.39 is 40.9 Å². The van der Waals surface area contributed by atoms with Gasteiger partial charge in [0.1, 0.15) is 17.3 Å². The summed E-state index contributed by atoms with van der Waals surface area (Å²) in [5.41, 5.74) is -0.837. The Hall–Kier alpha value is -3.33. The number of aryl methyl sites for hydroxylation is 1. The molecule has 1 heterocycles. The van der Waals surface area contributed by atoms with Crippen molar-refractivity contribution in [2.45, 2.75) is 24.9 Å². The lowest BCUT2D eigenvalue weighted by molar-refractivity contribution is -0.154. The highest BCUT2D eigenvalue weighted by molar-refractivity contribution is 6.31. The van der Waals surface area contributed by atoms with Crippen molar-refractivity contribution in [2.75, 3.05) is 0 Å². The Labute approximate surface area is 190 Å². The van der Waals surface area contributed by atoms with Crippen molar-refractivity contribution in [1.29, 1.82) is 0 Å². The number of benzene rings is 2. The van der Waals surface area contributed by atoms with Gasteiger partial charge in [-0.05, 0) is 41.3 Å². The van der Waals surface area contributed by atoms with E-state index in [0.717, 1.165) is 35.0 Å². The zero-order valence-corrected chi connectivity index (χ0v) is 18.1. The van der Waals surface area contributed by atoms with Crippen LogP contribution in [-0.4, -0.2) is 21.8 Å². The molecular formula is C23H18ClF4NO4. The summed E-state index contributed by atoms with van der Waals surface area (Å²) in [7, 11) is 1.37. The molecule has 2 unspecified atom stereocenters. The Balaban J connectivity index is 1.91. The number of nitrogens with zero attached hydrogens (tertiary/aromatic N) is 1.